The van der Waals surface area contributed by atoms with Gasteiger partial charge in [0.1, 0.15) is 5.75 Å². The maximum Gasteiger partial charge on any atom is 0.252 e. The number of nitrogens with zero attached hydrogens (tertiary/aromatic N) is 1. The molecular formula is C23H25N3O2. The minimum absolute atomic E-state index is 0.147. The molecule has 0 atom stereocenters. The number of ether oxygens (including phenoxy) is 1. The fraction of sp³-hybridized carbons (Fsp3) is 0.217. The minimum atomic E-state index is -0.147. The van der Waals surface area contributed by atoms with Gasteiger partial charge in [0, 0.05) is 18.4 Å². The van der Waals surface area contributed by atoms with Gasteiger partial charge in [-0.2, -0.15) is 0 Å². The summed E-state index contributed by atoms with van der Waals surface area (Å²) in [6.07, 6.45) is 3.98. The van der Waals surface area contributed by atoms with E-state index in [9.17, 15) is 4.79 Å². The summed E-state index contributed by atoms with van der Waals surface area (Å²) in [6, 6.07) is 15.8. The van der Waals surface area contributed by atoms with E-state index in [2.05, 4.69) is 41.6 Å². The summed E-state index contributed by atoms with van der Waals surface area (Å²) in [7, 11) is 1.65. The molecule has 28 heavy (non-hydrogen) atoms. The molecule has 5 nitrogen and oxygen atoms in total. The number of para-hydroxylation sites is 1. The number of nitrogens with one attached hydrogen (secondary N) is 2. The number of amides is 1. The third kappa shape index (κ3) is 4.88. The number of aromatic nitrogens is 1. The zero-order valence-corrected chi connectivity index (χ0v) is 16.5. The van der Waals surface area contributed by atoms with Gasteiger partial charge in [-0.05, 0) is 61.2 Å². The standard InChI is InChI=1S/C23H25N3O2/c1-16-8-9-20(12-17(16)2)26-21-13-19(14-24-15-21)23(27)25-11-10-18-6-4-5-7-22(18)28-3/h4-9,12-15,26H,10-11H2,1-3H3,(H,25,27). The topological polar surface area (TPSA) is 63.2 Å². The first-order chi connectivity index (χ1) is 13.6. The Morgan fingerprint density at radius 2 is 1.82 bits per heavy atom. The Labute approximate surface area is 165 Å². The van der Waals surface area contributed by atoms with Crippen LogP contribution in [0.3, 0.4) is 0 Å². The van der Waals surface area contributed by atoms with E-state index in [1.54, 1.807) is 25.6 Å². The lowest BCUT2D eigenvalue weighted by atomic mass is 10.1. The maximum atomic E-state index is 12.5. The third-order valence-electron chi connectivity index (χ3n) is 4.67. The van der Waals surface area contributed by atoms with Crippen LogP contribution in [-0.4, -0.2) is 24.5 Å². The summed E-state index contributed by atoms with van der Waals surface area (Å²) in [6.45, 7) is 4.68. The summed E-state index contributed by atoms with van der Waals surface area (Å²) >= 11 is 0. The molecule has 2 aromatic carbocycles. The number of pyridine rings is 1. The van der Waals surface area contributed by atoms with Crippen molar-refractivity contribution in [1.29, 1.82) is 0 Å². The molecule has 1 heterocycles. The van der Waals surface area contributed by atoms with E-state index < -0.39 is 0 Å². The van der Waals surface area contributed by atoms with Crippen molar-refractivity contribution in [1.82, 2.24) is 10.3 Å². The Balaban J connectivity index is 1.61. The van der Waals surface area contributed by atoms with Gasteiger partial charge in [-0.3, -0.25) is 9.78 Å². The first-order valence-corrected chi connectivity index (χ1v) is 9.26. The predicted molar refractivity (Wildman–Crippen MR) is 112 cm³/mol. The Kier molecular flexibility index (Phi) is 6.27. The molecule has 0 bridgehead atoms. The average Bonchev–Trinajstić information content (AvgIpc) is 2.71. The van der Waals surface area contributed by atoms with E-state index in [1.807, 2.05) is 30.3 Å². The van der Waals surface area contributed by atoms with Crippen molar-refractivity contribution in [2.75, 3.05) is 19.0 Å². The molecule has 0 unspecified atom stereocenters. The van der Waals surface area contributed by atoms with Crippen molar-refractivity contribution >= 4 is 17.3 Å². The van der Waals surface area contributed by atoms with Gasteiger partial charge in [0.2, 0.25) is 0 Å². The molecule has 0 aliphatic heterocycles. The number of anilines is 2. The molecule has 0 fully saturated rings. The largest absolute Gasteiger partial charge is 0.496 e. The fourth-order valence-electron chi connectivity index (χ4n) is 2.94. The molecule has 1 amide bonds. The summed E-state index contributed by atoms with van der Waals surface area (Å²) in [4.78, 5) is 16.7. The first-order valence-electron chi connectivity index (χ1n) is 9.26. The smallest absolute Gasteiger partial charge is 0.252 e. The third-order valence-corrected chi connectivity index (χ3v) is 4.67. The Hall–Kier alpha value is -3.34. The monoisotopic (exact) mass is 375 g/mol. The van der Waals surface area contributed by atoms with Crippen molar-refractivity contribution in [2.24, 2.45) is 0 Å². The molecule has 0 spiro atoms. The minimum Gasteiger partial charge on any atom is -0.496 e. The molecular weight excluding hydrogens is 350 g/mol. The number of methoxy groups -OCH3 is 1. The second-order valence-electron chi connectivity index (χ2n) is 6.70. The highest BCUT2D eigenvalue weighted by atomic mass is 16.5. The molecule has 0 saturated carbocycles. The van der Waals surface area contributed by atoms with Crippen molar-refractivity contribution in [3.63, 3.8) is 0 Å². The lowest BCUT2D eigenvalue weighted by molar-refractivity contribution is 0.0953. The molecule has 0 aliphatic rings. The molecule has 2 N–H and O–H groups in total. The van der Waals surface area contributed by atoms with Crippen LogP contribution >= 0.6 is 0 Å². The quantitative estimate of drug-likeness (QED) is 0.641. The van der Waals surface area contributed by atoms with Crippen LogP contribution in [0, 0.1) is 13.8 Å². The number of hydrogen-bond acceptors (Lipinski definition) is 4. The van der Waals surface area contributed by atoms with E-state index in [0.717, 1.165) is 22.7 Å². The zero-order valence-electron chi connectivity index (χ0n) is 16.5. The van der Waals surface area contributed by atoms with Gasteiger partial charge in [0.25, 0.3) is 5.91 Å². The molecule has 1 aromatic heterocycles. The molecule has 144 valence electrons. The summed E-state index contributed by atoms with van der Waals surface area (Å²) < 4.78 is 5.34. The van der Waals surface area contributed by atoms with Crippen LogP contribution in [0.4, 0.5) is 11.4 Å². The zero-order chi connectivity index (χ0) is 19.9. The van der Waals surface area contributed by atoms with Gasteiger partial charge in [-0.15, -0.1) is 0 Å². The van der Waals surface area contributed by atoms with Crippen molar-refractivity contribution in [2.45, 2.75) is 20.3 Å². The molecule has 0 saturated heterocycles. The van der Waals surface area contributed by atoms with Gasteiger partial charge < -0.3 is 15.4 Å². The molecule has 3 rings (SSSR count). The average molecular weight is 375 g/mol. The number of benzene rings is 2. The number of carbonyl (C=O) groups is 1. The Morgan fingerprint density at radius 3 is 2.61 bits per heavy atom. The van der Waals surface area contributed by atoms with E-state index in [-0.39, 0.29) is 5.91 Å². The van der Waals surface area contributed by atoms with Gasteiger partial charge >= 0.3 is 0 Å². The van der Waals surface area contributed by atoms with Crippen molar-refractivity contribution in [3.8, 4) is 5.75 Å². The second-order valence-corrected chi connectivity index (χ2v) is 6.70. The van der Waals surface area contributed by atoms with Crippen molar-refractivity contribution in [3.05, 3.63) is 83.2 Å². The number of rotatable bonds is 7. The highest BCUT2D eigenvalue weighted by Gasteiger charge is 2.08. The Bertz CT molecular complexity index is 970. The van der Waals surface area contributed by atoms with Crippen molar-refractivity contribution < 1.29 is 9.53 Å². The molecule has 5 heteroatoms. The van der Waals surface area contributed by atoms with E-state index in [0.29, 0.717) is 18.5 Å². The van der Waals surface area contributed by atoms with Crippen LogP contribution in [0.25, 0.3) is 0 Å². The number of hydrogen-bond donors (Lipinski definition) is 2. The lowest BCUT2D eigenvalue weighted by Gasteiger charge is -2.11. The number of aryl methyl sites for hydroxylation is 2. The van der Waals surface area contributed by atoms with E-state index in [4.69, 9.17) is 4.74 Å². The van der Waals surface area contributed by atoms with E-state index >= 15 is 0 Å². The first kappa shape index (κ1) is 19.4. The highest BCUT2D eigenvalue weighted by molar-refractivity contribution is 5.94. The van der Waals surface area contributed by atoms with Crippen LogP contribution in [0.1, 0.15) is 27.0 Å². The van der Waals surface area contributed by atoms with Crippen LogP contribution in [0.15, 0.2) is 60.9 Å². The summed E-state index contributed by atoms with van der Waals surface area (Å²) in [5.41, 5.74) is 5.79. The van der Waals surface area contributed by atoms with Gasteiger partial charge in [0.05, 0.1) is 24.6 Å². The van der Waals surface area contributed by atoms with Crippen LogP contribution in [0.5, 0.6) is 5.75 Å². The maximum absolute atomic E-state index is 12.5. The SMILES string of the molecule is COc1ccccc1CCNC(=O)c1cncc(Nc2ccc(C)c(C)c2)c1. The lowest BCUT2D eigenvalue weighted by Crippen LogP contribution is -2.26. The van der Waals surface area contributed by atoms with Gasteiger partial charge in [-0.1, -0.05) is 24.3 Å². The molecule has 0 radical (unpaired) electrons. The predicted octanol–water partition coefficient (Wildman–Crippen LogP) is 4.42. The Morgan fingerprint density at radius 1 is 1.00 bits per heavy atom. The summed E-state index contributed by atoms with van der Waals surface area (Å²) in [5.74, 6) is 0.684. The van der Waals surface area contributed by atoms with Crippen LogP contribution in [0.2, 0.25) is 0 Å². The van der Waals surface area contributed by atoms with E-state index in [1.165, 1.54) is 11.1 Å². The summed E-state index contributed by atoms with van der Waals surface area (Å²) in [5, 5.41) is 6.25. The van der Waals surface area contributed by atoms with Gasteiger partial charge in [-0.25, -0.2) is 0 Å². The van der Waals surface area contributed by atoms with Gasteiger partial charge in [0.15, 0.2) is 0 Å². The second kappa shape index (κ2) is 9.04. The van der Waals surface area contributed by atoms with Crippen LogP contribution in [-0.2, 0) is 6.42 Å². The normalized spacial score (nSPS) is 10.4. The fourth-order valence-corrected chi connectivity index (χ4v) is 2.94. The van der Waals surface area contributed by atoms with Crippen LogP contribution < -0.4 is 15.4 Å². The number of carbonyl (C=O) groups excluding carboxylic acids is 1. The molecule has 3 aromatic rings. The highest BCUT2D eigenvalue weighted by Crippen LogP contribution is 2.20. The molecule has 0 aliphatic carbocycles.